The van der Waals surface area contributed by atoms with Crippen LogP contribution in [0.3, 0.4) is 0 Å². The van der Waals surface area contributed by atoms with Crippen molar-refractivity contribution in [1.29, 1.82) is 0 Å². The highest BCUT2D eigenvalue weighted by molar-refractivity contribution is 5.67. The maximum absolute atomic E-state index is 11.5. The lowest BCUT2D eigenvalue weighted by molar-refractivity contribution is 0.771. The number of nitrogen functional groups attached to an aromatic ring is 1. The van der Waals surface area contributed by atoms with E-state index in [1.54, 1.807) is 10.6 Å². The largest absolute Gasteiger partial charge is 0.396 e. The van der Waals surface area contributed by atoms with Gasteiger partial charge in [-0.1, -0.05) is 6.92 Å². The van der Waals surface area contributed by atoms with Gasteiger partial charge in [-0.05, 0) is 12.0 Å². The molecule has 0 saturated carbocycles. The Bertz CT molecular complexity index is 395. The molecule has 0 fully saturated rings. The third kappa shape index (κ3) is 1.09. The topological polar surface area (TPSA) is 60.0 Å². The van der Waals surface area contributed by atoms with Crippen LogP contribution in [0.5, 0.6) is 0 Å². The van der Waals surface area contributed by atoms with Gasteiger partial charge in [0.2, 0.25) is 0 Å². The van der Waals surface area contributed by atoms with Crippen LogP contribution in [0.15, 0.2) is 10.9 Å². The number of aryl methyl sites for hydroxylation is 1. The smallest absolute Gasteiger partial charge is 0.252 e. The fourth-order valence-corrected chi connectivity index (χ4v) is 1.70. The van der Waals surface area contributed by atoms with Crippen LogP contribution in [0.4, 0.5) is 11.5 Å². The highest BCUT2D eigenvalue weighted by Crippen LogP contribution is 2.23. The summed E-state index contributed by atoms with van der Waals surface area (Å²) in [5, 5.41) is 3.12. The molecule has 1 aliphatic heterocycles. The standard InChI is InChI=1S/C9H13N3O/c1-2-6-5-7(13)12-4-3-11-9(12)8(6)10/h5,11H,2-4,10H2,1H3. The van der Waals surface area contributed by atoms with E-state index in [0.717, 1.165) is 36.6 Å². The van der Waals surface area contributed by atoms with Gasteiger partial charge in [-0.25, -0.2) is 0 Å². The Morgan fingerprint density at radius 2 is 2.46 bits per heavy atom. The molecule has 1 aromatic heterocycles. The van der Waals surface area contributed by atoms with E-state index in [4.69, 9.17) is 5.73 Å². The molecule has 70 valence electrons. The predicted molar refractivity (Wildman–Crippen MR) is 53.0 cm³/mol. The van der Waals surface area contributed by atoms with Gasteiger partial charge in [-0.2, -0.15) is 0 Å². The van der Waals surface area contributed by atoms with E-state index >= 15 is 0 Å². The van der Waals surface area contributed by atoms with Gasteiger partial charge in [0, 0.05) is 19.2 Å². The first kappa shape index (κ1) is 8.16. The van der Waals surface area contributed by atoms with Gasteiger partial charge in [-0.3, -0.25) is 9.36 Å². The van der Waals surface area contributed by atoms with E-state index in [1.807, 2.05) is 6.92 Å². The zero-order valence-electron chi connectivity index (χ0n) is 7.63. The third-order valence-corrected chi connectivity index (χ3v) is 2.44. The molecule has 0 bridgehead atoms. The second-order valence-corrected chi connectivity index (χ2v) is 3.20. The second-order valence-electron chi connectivity index (χ2n) is 3.20. The summed E-state index contributed by atoms with van der Waals surface area (Å²) < 4.78 is 1.69. The van der Waals surface area contributed by atoms with Crippen molar-refractivity contribution in [3.8, 4) is 0 Å². The lowest BCUT2D eigenvalue weighted by Gasteiger charge is -2.09. The predicted octanol–water partition coefficient (Wildman–Crippen LogP) is 0.418. The SMILES string of the molecule is CCc1cc(=O)n2c(c1N)NCC2. The molecule has 0 saturated heterocycles. The zero-order chi connectivity index (χ0) is 9.42. The number of anilines is 2. The van der Waals surface area contributed by atoms with Gasteiger partial charge >= 0.3 is 0 Å². The van der Waals surface area contributed by atoms with Gasteiger partial charge < -0.3 is 11.1 Å². The van der Waals surface area contributed by atoms with E-state index < -0.39 is 0 Å². The van der Waals surface area contributed by atoms with E-state index in [9.17, 15) is 4.79 Å². The van der Waals surface area contributed by atoms with Gasteiger partial charge in [0.15, 0.2) is 0 Å². The molecule has 1 aromatic rings. The molecule has 0 radical (unpaired) electrons. The average molecular weight is 179 g/mol. The molecule has 13 heavy (non-hydrogen) atoms. The van der Waals surface area contributed by atoms with Crippen LogP contribution in [-0.2, 0) is 13.0 Å². The molecule has 2 heterocycles. The Labute approximate surface area is 76.4 Å². The quantitative estimate of drug-likeness (QED) is 0.656. The fraction of sp³-hybridized carbons (Fsp3) is 0.444. The van der Waals surface area contributed by atoms with Gasteiger partial charge in [0.05, 0.1) is 5.69 Å². The Balaban J connectivity index is 2.70. The van der Waals surface area contributed by atoms with Crippen molar-refractivity contribution in [2.45, 2.75) is 19.9 Å². The molecule has 4 nitrogen and oxygen atoms in total. The van der Waals surface area contributed by atoms with Crippen molar-refractivity contribution in [3.63, 3.8) is 0 Å². The number of hydrogen-bond acceptors (Lipinski definition) is 3. The highest BCUT2D eigenvalue weighted by atomic mass is 16.1. The van der Waals surface area contributed by atoms with Crippen LogP contribution >= 0.6 is 0 Å². The molecule has 0 aromatic carbocycles. The van der Waals surface area contributed by atoms with Crippen LogP contribution in [0.2, 0.25) is 0 Å². The molecule has 0 amide bonds. The van der Waals surface area contributed by atoms with E-state index in [1.165, 1.54) is 0 Å². The van der Waals surface area contributed by atoms with Crippen molar-refractivity contribution in [2.75, 3.05) is 17.6 Å². The second kappa shape index (κ2) is 2.80. The molecule has 0 unspecified atom stereocenters. The third-order valence-electron chi connectivity index (χ3n) is 2.44. The summed E-state index contributed by atoms with van der Waals surface area (Å²) in [6, 6.07) is 1.63. The molecule has 0 aliphatic carbocycles. The molecular weight excluding hydrogens is 166 g/mol. The highest BCUT2D eigenvalue weighted by Gasteiger charge is 2.16. The zero-order valence-corrected chi connectivity index (χ0v) is 7.63. The summed E-state index contributed by atoms with van der Waals surface area (Å²) in [4.78, 5) is 11.5. The van der Waals surface area contributed by atoms with Gasteiger partial charge in [0.1, 0.15) is 5.82 Å². The van der Waals surface area contributed by atoms with Crippen LogP contribution in [0.1, 0.15) is 12.5 Å². The minimum atomic E-state index is 0.0473. The summed E-state index contributed by atoms with van der Waals surface area (Å²) in [5.41, 5.74) is 7.60. The van der Waals surface area contributed by atoms with Crippen LogP contribution in [0, 0.1) is 0 Å². The molecule has 4 heteroatoms. The normalized spacial score (nSPS) is 13.9. The average Bonchev–Trinajstić information content (AvgIpc) is 2.60. The molecule has 1 aliphatic rings. The summed E-state index contributed by atoms with van der Waals surface area (Å²) >= 11 is 0. The summed E-state index contributed by atoms with van der Waals surface area (Å²) in [6.45, 7) is 3.52. The lowest BCUT2D eigenvalue weighted by Crippen LogP contribution is -2.19. The first-order valence-corrected chi connectivity index (χ1v) is 4.50. The van der Waals surface area contributed by atoms with Gasteiger partial charge in [-0.15, -0.1) is 0 Å². The molecule has 0 atom stereocenters. The maximum atomic E-state index is 11.5. The van der Waals surface area contributed by atoms with Crippen molar-refractivity contribution < 1.29 is 0 Å². The van der Waals surface area contributed by atoms with Gasteiger partial charge in [0.25, 0.3) is 5.56 Å². The lowest BCUT2D eigenvalue weighted by atomic mass is 10.1. The molecule has 0 spiro atoms. The summed E-state index contributed by atoms with van der Waals surface area (Å²) in [7, 11) is 0. The molecular formula is C9H13N3O. The Hall–Kier alpha value is -1.45. The van der Waals surface area contributed by atoms with Crippen molar-refractivity contribution in [2.24, 2.45) is 0 Å². The Kier molecular flexibility index (Phi) is 1.76. The molecule has 2 rings (SSSR count). The van der Waals surface area contributed by atoms with Crippen molar-refractivity contribution in [3.05, 3.63) is 22.0 Å². The number of hydrogen-bond donors (Lipinski definition) is 2. The molecule has 3 N–H and O–H groups in total. The summed E-state index contributed by atoms with van der Waals surface area (Å²) in [6.07, 6.45) is 0.802. The summed E-state index contributed by atoms with van der Waals surface area (Å²) in [5.74, 6) is 0.796. The van der Waals surface area contributed by atoms with Crippen molar-refractivity contribution in [1.82, 2.24) is 4.57 Å². The van der Waals surface area contributed by atoms with Crippen LogP contribution in [-0.4, -0.2) is 11.1 Å². The Morgan fingerprint density at radius 3 is 3.15 bits per heavy atom. The van der Waals surface area contributed by atoms with E-state index in [0.29, 0.717) is 0 Å². The first-order valence-electron chi connectivity index (χ1n) is 4.50. The minimum Gasteiger partial charge on any atom is -0.396 e. The number of aromatic nitrogens is 1. The van der Waals surface area contributed by atoms with E-state index in [-0.39, 0.29) is 5.56 Å². The number of nitrogens with one attached hydrogen (secondary N) is 1. The number of fused-ring (bicyclic) bond motifs is 1. The Morgan fingerprint density at radius 1 is 1.69 bits per heavy atom. The number of nitrogens with two attached hydrogens (primary N) is 1. The van der Waals surface area contributed by atoms with E-state index in [2.05, 4.69) is 5.32 Å². The monoisotopic (exact) mass is 179 g/mol. The first-order chi connectivity index (χ1) is 6.24. The number of nitrogens with zero attached hydrogens (tertiary/aromatic N) is 1. The minimum absolute atomic E-state index is 0.0473. The van der Waals surface area contributed by atoms with Crippen LogP contribution < -0.4 is 16.6 Å². The fourth-order valence-electron chi connectivity index (χ4n) is 1.70. The number of rotatable bonds is 1. The van der Waals surface area contributed by atoms with Crippen LogP contribution in [0.25, 0.3) is 0 Å². The number of pyridine rings is 1. The van der Waals surface area contributed by atoms with Crippen molar-refractivity contribution >= 4 is 11.5 Å². The maximum Gasteiger partial charge on any atom is 0.252 e.